The molecule has 1 aromatic rings. The van der Waals surface area contributed by atoms with Crippen molar-refractivity contribution in [2.45, 2.75) is 25.4 Å². The van der Waals surface area contributed by atoms with E-state index in [-0.39, 0.29) is 24.2 Å². The zero-order valence-electron chi connectivity index (χ0n) is 9.62. The third kappa shape index (κ3) is 3.53. The van der Waals surface area contributed by atoms with E-state index in [0.717, 1.165) is 19.4 Å². The standard InChI is InChI=1S/C13H16FNO2/c14-12-6-2-1-4-10(12)8-13(16)15-9-11-5-3-7-17-11/h1-2,4,6,11H,3,5,7-9H2,(H,15,16). The molecular weight excluding hydrogens is 221 g/mol. The number of halogens is 1. The average Bonchev–Trinajstić information content (AvgIpc) is 2.82. The fraction of sp³-hybridized carbons (Fsp3) is 0.462. The van der Waals surface area contributed by atoms with Crippen molar-refractivity contribution in [1.29, 1.82) is 0 Å². The number of nitrogens with one attached hydrogen (secondary N) is 1. The molecule has 0 saturated carbocycles. The molecule has 3 nitrogen and oxygen atoms in total. The van der Waals surface area contributed by atoms with E-state index in [9.17, 15) is 9.18 Å². The molecule has 1 amide bonds. The van der Waals surface area contributed by atoms with Gasteiger partial charge in [0.1, 0.15) is 5.82 Å². The van der Waals surface area contributed by atoms with Gasteiger partial charge in [-0.1, -0.05) is 18.2 Å². The Morgan fingerprint density at radius 2 is 2.29 bits per heavy atom. The van der Waals surface area contributed by atoms with Crippen LogP contribution in [0.25, 0.3) is 0 Å². The van der Waals surface area contributed by atoms with Crippen molar-refractivity contribution in [3.8, 4) is 0 Å². The maximum atomic E-state index is 13.3. The van der Waals surface area contributed by atoms with Gasteiger partial charge >= 0.3 is 0 Å². The van der Waals surface area contributed by atoms with E-state index in [4.69, 9.17) is 4.74 Å². The molecule has 1 N–H and O–H groups in total. The van der Waals surface area contributed by atoms with E-state index in [1.165, 1.54) is 6.07 Å². The molecule has 2 rings (SSSR count). The van der Waals surface area contributed by atoms with Gasteiger partial charge in [0.15, 0.2) is 0 Å². The first-order chi connectivity index (χ1) is 8.25. The van der Waals surface area contributed by atoms with E-state index in [0.29, 0.717) is 12.1 Å². The Morgan fingerprint density at radius 3 is 3.00 bits per heavy atom. The maximum absolute atomic E-state index is 13.3. The van der Waals surface area contributed by atoms with Crippen LogP contribution >= 0.6 is 0 Å². The van der Waals surface area contributed by atoms with Gasteiger partial charge in [0.05, 0.1) is 12.5 Å². The summed E-state index contributed by atoms with van der Waals surface area (Å²) >= 11 is 0. The quantitative estimate of drug-likeness (QED) is 0.865. The molecule has 1 aliphatic rings. The van der Waals surface area contributed by atoms with Crippen LogP contribution < -0.4 is 5.32 Å². The molecule has 1 aliphatic heterocycles. The first-order valence-corrected chi connectivity index (χ1v) is 5.87. The maximum Gasteiger partial charge on any atom is 0.224 e. The Kier molecular flexibility index (Phi) is 4.09. The largest absolute Gasteiger partial charge is 0.376 e. The number of carbonyl (C=O) groups is 1. The Hall–Kier alpha value is -1.42. The van der Waals surface area contributed by atoms with Crippen molar-refractivity contribution in [2.75, 3.05) is 13.2 Å². The van der Waals surface area contributed by atoms with Gasteiger partial charge < -0.3 is 10.1 Å². The first kappa shape index (κ1) is 12.0. The van der Waals surface area contributed by atoms with Crippen molar-refractivity contribution in [2.24, 2.45) is 0 Å². The molecule has 1 unspecified atom stereocenters. The van der Waals surface area contributed by atoms with Crippen LogP contribution in [0.2, 0.25) is 0 Å². The molecule has 1 aromatic carbocycles. The second-order valence-corrected chi connectivity index (χ2v) is 4.21. The molecule has 0 radical (unpaired) electrons. The Balaban J connectivity index is 1.79. The normalized spacial score (nSPS) is 19.2. The topological polar surface area (TPSA) is 38.3 Å². The minimum atomic E-state index is -0.334. The highest BCUT2D eigenvalue weighted by Crippen LogP contribution is 2.11. The Bertz CT molecular complexity index is 389. The van der Waals surface area contributed by atoms with Crippen molar-refractivity contribution < 1.29 is 13.9 Å². The molecule has 1 fully saturated rings. The molecular formula is C13H16FNO2. The Labute approximate surface area is 100.0 Å². The van der Waals surface area contributed by atoms with Crippen LogP contribution in [0, 0.1) is 5.82 Å². The van der Waals surface area contributed by atoms with Gasteiger partial charge in [-0.05, 0) is 24.5 Å². The number of amides is 1. The van der Waals surface area contributed by atoms with E-state index in [2.05, 4.69) is 5.32 Å². The second kappa shape index (κ2) is 5.77. The second-order valence-electron chi connectivity index (χ2n) is 4.21. The summed E-state index contributed by atoms with van der Waals surface area (Å²) in [7, 11) is 0. The number of carbonyl (C=O) groups excluding carboxylic acids is 1. The zero-order chi connectivity index (χ0) is 12.1. The van der Waals surface area contributed by atoms with Gasteiger partial charge in [-0.25, -0.2) is 4.39 Å². The monoisotopic (exact) mass is 237 g/mol. The summed E-state index contributed by atoms with van der Waals surface area (Å²) in [6.07, 6.45) is 2.24. The minimum absolute atomic E-state index is 0.0827. The number of hydrogen-bond donors (Lipinski definition) is 1. The van der Waals surface area contributed by atoms with Crippen LogP contribution in [0.3, 0.4) is 0 Å². The van der Waals surface area contributed by atoms with Crippen LogP contribution in [0.5, 0.6) is 0 Å². The van der Waals surface area contributed by atoms with Gasteiger partial charge in [-0.2, -0.15) is 0 Å². The van der Waals surface area contributed by atoms with E-state index < -0.39 is 0 Å². The molecule has 92 valence electrons. The van der Waals surface area contributed by atoms with Gasteiger partial charge in [0.25, 0.3) is 0 Å². The molecule has 17 heavy (non-hydrogen) atoms. The van der Waals surface area contributed by atoms with E-state index >= 15 is 0 Å². The molecule has 0 aromatic heterocycles. The van der Waals surface area contributed by atoms with E-state index in [1.807, 2.05) is 0 Å². The predicted octanol–water partition coefficient (Wildman–Crippen LogP) is 1.66. The zero-order valence-corrected chi connectivity index (χ0v) is 9.62. The molecule has 1 atom stereocenters. The third-order valence-corrected chi connectivity index (χ3v) is 2.86. The summed E-state index contributed by atoms with van der Waals surface area (Å²) in [5.74, 6) is -0.495. The fourth-order valence-corrected chi connectivity index (χ4v) is 1.91. The lowest BCUT2D eigenvalue weighted by atomic mass is 10.1. The van der Waals surface area contributed by atoms with Crippen LogP contribution in [0.15, 0.2) is 24.3 Å². The van der Waals surface area contributed by atoms with Crippen molar-refractivity contribution in [1.82, 2.24) is 5.32 Å². The van der Waals surface area contributed by atoms with Gasteiger partial charge in [0, 0.05) is 13.2 Å². The SMILES string of the molecule is O=C(Cc1ccccc1F)NCC1CCCO1. The highest BCUT2D eigenvalue weighted by molar-refractivity contribution is 5.78. The number of benzene rings is 1. The molecule has 0 aliphatic carbocycles. The summed E-state index contributed by atoms with van der Waals surface area (Å²) in [4.78, 5) is 11.6. The summed E-state index contributed by atoms with van der Waals surface area (Å²) in [5, 5.41) is 2.77. The summed E-state index contributed by atoms with van der Waals surface area (Å²) in [5.41, 5.74) is 0.428. The number of rotatable bonds is 4. The molecule has 0 bridgehead atoms. The highest BCUT2D eigenvalue weighted by Gasteiger charge is 2.16. The number of ether oxygens (including phenoxy) is 1. The van der Waals surface area contributed by atoms with Crippen molar-refractivity contribution in [3.05, 3.63) is 35.6 Å². The first-order valence-electron chi connectivity index (χ1n) is 5.87. The fourth-order valence-electron chi connectivity index (χ4n) is 1.91. The Morgan fingerprint density at radius 1 is 1.47 bits per heavy atom. The van der Waals surface area contributed by atoms with Gasteiger partial charge in [-0.15, -0.1) is 0 Å². The van der Waals surface area contributed by atoms with Gasteiger partial charge in [0.2, 0.25) is 5.91 Å². The lowest BCUT2D eigenvalue weighted by Crippen LogP contribution is -2.32. The van der Waals surface area contributed by atoms with Crippen LogP contribution in [-0.4, -0.2) is 25.2 Å². The lowest BCUT2D eigenvalue weighted by Gasteiger charge is -2.10. The number of hydrogen-bond acceptors (Lipinski definition) is 2. The summed E-state index contributed by atoms with van der Waals surface area (Å²) < 4.78 is 18.7. The molecule has 4 heteroatoms. The van der Waals surface area contributed by atoms with Crippen molar-refractivity contribution in [3.63, 3.8) is 0 Å². The molecule has 1 heterocycles. The third-order valence-electron chi connectivity index (χ3n) is 2.86. The highest BCUT2D eigenvalue weighted by atomic mass is 19.1. The molecule has 1 saturated heterocycles. The average molecular weight is 237 g/mol. The minimum Gasteiger partial charge on any atom is -0.376 e. The smallest absolute Gasteiger partial charge is 0.224 e. The molecule has 0 spiro atoms. The van der Waals surface area contributed by atoms with Crippen LogP contribution in [0.1, 0.15) is 18.4 Å². The predicted molar refractivity (Wildman–Crippen MR) is 62.1 cm³/mol. The van der Waals surface area contributed by atoms with Crippen LogP contribution in [-0.2, 0) is 16.0 Å². The van der Waals surface area contributed by atoms with Crippen LogP contribution in [0.4, 0.5) is 4.39 Å². The lowest BCUT2D eigenvalue weighted by molar-refractivity contribution is -0.121. The summed E-state index contributed by atoms with van der Waals surface area (Å²) in [6.45, 7) is 1.29. The van der Waals surface area contributed by atoms with E-state index in [1.54, 1.807) is 18.2 Å². The van der Waals surface area contributed by atoms with Gasteiger partial charge in [-0.3, -0.25) is 4.79 Å². The summed E-state index contributed by atoms with van der Waals surface area (Å²) in [6, 6.07) is 6.33. The van der Waals surface area contributed by atoms with Crippen molar-refractivity contribution >= 4 is 5.91 Å².